The lowest BCUT2D eigenvalue weighted by Gasteiger charge is -2.33. The topological polar surface area (TPSA) is 104 Å². The van der Waals surface area contributed by atoms with Gasteiger partial charge < -0.3 is 10.4 Å². The van der Waals surface area contributed by atoms with E-state index in [1.54, 1.807) is 12.1 Å². The van der Waals surface area contributed by atoms with Crippen molar-refractivity contribution in [1.82, 2.24) is 9.62 Å². The monoisotopic (exact) mass is 574 g/mol. The van der Waals surface area contributed by atoms with Gasteiger partial charge in [0.05, 0.1) is 16.0 Å². The average Bonchev–Trinajstić information content (AvgIpc) is 2.89. The molecule has 4 rings (SSSR count). The number of nitrogens with one attached hydrogen (secondary N) is 1. The van der Waals surface area contributed by atoms with Gasteiger partial charge >= 0.3 is 5.97 Å². The minimum atomic E-state index is -4.72. The van der Waals surface area contributed by atoms with E-state index >= 15 is 0 Å². The van der Waals surface area contributed by atoms with E-state index in [2.05, 4.69) is 5.32 Å². The molecule has 1 fully saturated rings. The highest BCUT2D eigenvalue weighted by Crippen LogP contribution is 2.34. The second kappa shape index (κ2) is 11.9. The van der Waals surface area contributed by atoms with Crippen LogP contribution in [0.4, 0.5) is 0 Å². The van der Waals surface area contributed by atoms with Gasteiger partial charge in [-0.25, -0.2) is 17.5 Å². The molecule has 0 spiro atoms. The fourth-order valence-electron chi connectivity index (χ4n) is 4.72. The van der Waals surface area contributed by atoms with Crippen molar-refractivity contribution in [2.75, 3.05) is 13.1 Å². The number of benzene rings is 3. The first-order chi connectivity index (χ1) is 18.1. The Hall–Kier alpha value is -2.91. The number of carbonyl (C=O) groups is 2. The number of amides is 1. The fourth-order valence-corrected chi connectivity index (χ4v) is 7.41. The molecule has 200 valence electrons. The molecule has 0 unspecified atom stereocenters. The quantitative estimate of drug-likeness (QED) is 0.384. The Morgan fingerprint density at radius 2 is 1.68 bits per heavy atom. The van der Waals surface area contributed by atoms with Crippen LogP contribution in [0, 0.1) is 12.8 Å². The van der Waals surface area contributed by atoms with Crippen LogP contribution in [0.3, 0.4) is 0 Å². The van der Waals surface area contributed by atoms with Gasteiger partial charge in [0, 0.05) is 13.0 Å². The van der Waals surface area contributed by atoms with Crippen LogP contribution in [0.15, 0.2) is 71.6 Å². The van der Waals surface area contributed by atoms with Crippen LogP contribution < -0.4 is 5.32 Å². The minimum absolute atomic E-state index is 0.191. The molecular formula is C28H28Cl2N2O5S. The van der Waals surface area contributed by atoms with Crippen LogP contribution >= 0.6 is 23.2 Å². The predicted molar refractivity (Wildman–Crippen MR) is 148 cm³/mol. The minimum Gasteiger partial charge on any atom is -0.480 e. The van der Waals surface area contributed by atoms with Crippen LogP contribution in [0.1, 0.15) is 24.0 Å². The zero-order chi connectivity index (χ0) is 27.4. The SMILES string of the molecule is Cc1ccccc1-c1ccc(C[C@@H](C(=O)O)N(C(=O)[C@@H]2CCCNC2)S(=O)(=O)c2c(Cl)cccc2Cl)cc1. The van der Waals surface area contributed by atoms with Gasteiger partial charge in [-0.2, -0.15) is 0 Å². The molecule has 3 aromatic carbocycles. The third-order valence-electron chi connectivity index (χ3n) is 6.71. The van der Waals surface area contributed by atoms with Crippen LogP contribution in [0.2, 0.25) is 10.0 Å². The zero-order valence-electron chi connectivity index (χ0n) is 20.7. The summed E-state index contributed by atoms with van der Waals surface area (Å²) in [5.41, 5.74) is 3.63. The summed E-state index contributed by atoms with van der Waals surface area (Å²) >= 11 is 12.4. The Bertz CT molecular complexity index is 1420. The van der Waals surface area contributed by atoms with Crippen molar-refractivity contribution in [3.8, 4) is 11.1 Å². The molecule has 3 aromatic rings. The highest BCUT2D eigenvalue weighted by molar-refractivity contribution is 7.90. The molecule has 1 saturated heterocycles. The summed E-state index contributed by atoms with van der Waals surface area (Å²) in [5, 5.41) is 12.9. The van der Waals surface area contributed by atoms with Gasteiger partial charge in [-0.15, -0.1) is 0 Å². The molecule has 0 saturated carbocycles. The van der Waals surface area contributed by atoms with Gasteiger partial charge in [-0.05, 0) is 60.7 Å². The Morgan fingerprint density at radius 3 is 2.26 bits per heavy atom. The number of aryl methyl sites for hydroxylation is 1. The fraction of sp³-hybridized carbons (Fsp3) is 0.286. The number of aliphatic carboxylic acids is 1. The van der Waals surface area contributed by atoms with E-state index in [9.17, 15) is 23.1 Å². The third-order valence-corrected chi connectivity index (χ3v) is 9.47. The average molecular weight is 576 g/mol. The molecule has 2 atom stereocenters. The lowest BCUT2D eigenvalue weighted by molar-refractivity contribution is -0.147. The number of hydrogen-bond donors (Lipinski definition) is 2. The molecule has 1 aliphatic rings. The number of carboxylic acids is 1. The van der Waals surface area contributed by atoms with Gasteiger partial charge in [0.2, 0.25) is 5.91 Å². The maximum Gasteiger partial charge on any atom is 0.328 e. The van der Waals surface area contributed by atoms with Crippen molar-refractivity contribution in [1.29, 1.82) is 0 Å². The van der Waals surface area contributed by atoms with Crippen LogP contribution in [-0.4, -0.2) is 48.8 Å². The molecular weight excluding hydrogens is 547 g/mol. The van der Waals surface area contributed by atoms with E-state index in [1.807, 2.05) is 43.3 Å². The summed E-state index contributed by atoms with van der Waals surface area (Å²) < 4.78 is 28.3. The highest BCUT2D eigenvalue weighted by Gasteiger charge is 2.44. The standard InChI is InChI=1S/C28H28Cl2N2O5S/c1-18-6-2-3-8-22(18)20-13-11-19(12-14-20)16-25(28(34)35)32(27(33)21-7-5-15-31-17-21)38(36,37)26-23(29)9-4-10-24(26)30/h2-4,6,8-14,21,25,31H,5,7,15-17H2,1H3,(H,34,35)/t21-,25+/m1/s1. The third kappa shape index (κ3) is 5.89. The van der Waals surface area contributed by atoms with Crippen molar-refractivity contribution in [3.63, 3.8) is 0 Å². The summed E-state index contributed by atoms with van der Waals surface area (Å²) in [5.74, 6) is -2.95. The number of sulfonamides is 1. The van der Waals surface area contributed by atoms with Crippen molar-refractivity contribution in [3.05, 3.63) is 87.9 Å². The van der Waals surface area contributed by atoms with E-state index in [1.165, 1.54) is 18.2 Å². The number of nitrogens with zero attached hydrogens (tertiary/aromatic N) is 1. The van der Waals surface area contributed by atoms with Gasteiger partial charge in [0.25, 0.3) is 10.0 Å². The van der Waals surface area contributed by atoms with Gasteiger partial charge in [0.1, 0.15) is 10.9 Å². The largest absolute Gasteiger partial charge is 0.480 e. The molecule has 38 heavy (non-hydrogen) atoms. The number of rotatable bonds is 8. The molecule has 1 amide bonds. The smallest absolute Gasteiger partial charge is 0.328 e. The highest BCUT2D eigenvalue weighted by atomic mass is 35.5. The zero-order valence-corrected chi connectivity index (χ0v) is 23.1. The molecule has 1 heterocycles. The first-order valence-corrected chi connectivity index (χ1v) is 14.4. The number of carboxylic acid groups (broad SMARTS) is 1. The van der Waals surface area contributed by atoms with Crippen LogP contribution in [0.5, 0.6) is 0 Å². The summed E-state index contributed by atoms with van der Waals surface area (Å²) in [7, 11) is -4.72. The lowest BCUT2D eigenvalue weighted by Crippen LogP contribution is -2.53. The first-order valence-electron chi connectivity index (χ1n) is 12.2. The van der Waals surface area contributed by atoms with Gasteiger partial charge in [-0.1, -0.05) is 77.8 Å². The summed E-state index contributed by atoms with van der Waals surface area (Å²) in [6.07, 6.45) is 0.872. The Kier molecular flexibility index (Phi) is 8.78. The van der Waals surface area contributed by atoms with Gasteiger partial charge in [-0.3, -0.25) is 4.79 Å². The van der Waals surface area contributed by atoms with E-state index in [-0.39, 0.29) is 23.0 Å². The maximum absolute atomic E-state index is 13.9. The first kappa shape index (κ1) is 28.1. The van der Waals surface area contributed by atoms with Gasteiger partial charge in [0.15, 0.2) is 0 Å². The molecule has 0 aliphatic carbocycles. The molecule has 0 bridgehead atoms. The van der Waals surface area contributed by atoms with E-state index < -0.39 is 38.8 Å². The number of halogens is 2. The van der Waals surface area contributed by atoms with Crippen LogP contribution in [-0.2, 0) is 26.0 Å². The second-order valence-electron chi connectivity index (χ2n) is 9.30. The van der Waals surface area contributed by atoms with E-state index in [4.69, 9.17) is 23.2 Å². The molecule has 7 nitrogen and oxygen atoms in total. The van der Waals surface area contributed by atoms with E-state index in [0.717, 1.165) is 16.7 Å². The Balaban J connectivity index is 1.75. The summed E-state index contributed by atoms with van der Waals surface area (Å²) in [6, 6.07) is 17.5. The number of hydrogen-bond acceptors (Lipinski definition) is 5. The Labute approximate surface area is 232 Å². The maximum atomic E-state index is 13.9. The molecule has 2 N–H and O–H groups in total. The van der Waals surface area contributed by atoms with Crippen molar-refractivity contribution in [2.24, 2.45) is 5.92 Å². The van der Waals surface area contributed by atoms with Crippen molar-refractivity contribution >= 4 is 45.1 Å². The molecule has 0 radical (unpaired) electrons. The van der Waals surface area contributed by atoms with E-state index in [0.29, 0.717) is 29.3 Å². The normalized spacial score (nSPS) is 16.6. The lowest BCUT2D eigenvalue weighted by atomic mass is 9.96. The molecule has 1 aliphatic heterocycles. The van der Waals surface area contributed by atoms with Crippen LogP contribution in [0.25, 0.3) is 11.1 Å². The summed E-state index contributed by atoms with van der Waals surface area (Å²) in [4.78, 5) is 25.8. The second-order valence-corrected chi connectivity index (χ2v) is 11.9. The summed E-state index contributed by atoms with van der Waals surface area (Å²) in [6.45, 7) is 2.94. The number of piperidine rings is 1. The van der Waals surface area contributed by atoms with Crippen molar-refractivity contribution < 1.29 is 23.1 Å². The van der Waals surface area contributed by atoms with Crippen molar-refractivity contribution in [2.45, 2.75) is 37.1 Å². The Morgan fingerprint density at radius 1 is 1.03 bits per heavy atom. The predicted octanol–water partition coefficient (Wildman–Crippen LogP) is 5.18. The molecule has 10 heteroatoms. The number of carbonyl (C=O) groups excluding carboxylic acids is 1. The molecule has 0 aromatic heterocycles.